The summed E-state index contributed by atoms with van der Waals surface area (Å²) in [5.74, 6) is -6.28. The van der Waals surface area contributed by atoms with Gasteiger partial charge in [-0.25, -0.2) is 4.39 Å². The van der Waals surface area contributed by atoms with Gasteiger partial charge in [0, 0.05) is 17.7 Å². The van der Waals surface area contributed by atoms with Gasteiger partial charge in [-0.15, -0.1) is 0 Å². The molecule has 0 aliphatic rings. The topological polar surface area (TPSA) is 138 Å². The predicted octanol–water partition coefficient (Wildman–Crippen LogP) is 5.17. The zero-order valence-corrected chi connectivity index (χ0v) is 21.0. The fourth-order valence-corrected chi connectivity index (χ4v) is 3.03. The number of carbonyl (C=O) groups excluding carboxylic acids is 2. The Labute approximate surface area is 207 Å². The van der Waals surface area contributed by atoms with Crippen LogP contribution in [-0.2, 0) is 19.1 Å². The molecule has 10 nitrogen and oxygen atoms in total. The lowest BCUT2D eigenvalue weighted by molar-refractivity contribution is -0.385. The highest BCUT2D eigenvalue weighted by atomic mass is 19.1. The van der Waals surface area contributed by atoms with Crippen LogP contribution in [0.4, 0.5) is 10.1 Å². The first-order chi connectivity index (χ1) is 16.6. The monoisotopic (exact) mass is 502 g/mol. The summed E-state index contributed by atoms with van der Waals surface area (Å²) in [6.07, 6.45) is 0. The third-order valence-electron chi connectivity index (χ3n) is 4.36. The normalized spacial score (nSPS) is 11.4. The van der Waals surface area contributed by atoms with Gasteiger partial charge in [-0.05, 0) is 59.7 Å². The molecule has 0 saturated carbocycles. The second-order valence-corrected chi connectivity index (χ2v) is 9.69. The van der Waals surface area contributed by atoms with Gasteiger partial charge in [0.2, 0.25) is 5.75 Å². The Balaban J connectivity index is 2.71. The van der Waals surface area contributed by atoms with Crippen LogP contribution in [0.3, 0.4) is 0 Å². The molecule has 0 heterocycles. The Hall–Kier alpha value is -4.20. The van der Waals surface area contributed by atoms with Gasteiger partial charge in [0.25, 0.3) is 0 Å². The second kappa shape index (κ2) is 10.6. The Morgan fingerprint density at radius 1 is 1.00 bits per heavy atom. The number of ether oxygens (including phenoxy) is 4. The van der Waals surface area contributed by atoms with Crippen LogP contribution in [0.5, 0.6) is 17.2 Å². The predicted molar refractivity (Wildman–Crippen MR) is 125 cm³/mol. The van der Waals surface area contributed by atoms with Crippen molar-refractivity contribution in [2.45, 2.75) is 58.7 Å². The van der Waals surface area contributed by atoms with Crippen molar-refractivity contribution in [3.05, 3.63) is 57.4 Å². The average Bonchev–Trinajstić information content (AvgIpc) is 2.73. The summed E-state index contributed by atoms with van der Waals surface area (Å²) in [6, 6.07) is 7.60. The molecule has 0 atom stereocenters. The van der Waals surface area contributed by atoms with Crippen LogP contribution in [0.1, 0.15) is 58.6 Å². The number of nitriles is 1. The van der Waals surface area contributed by atoms with Crippen molar-refractivity contribution in [3.8, 4) is 23.3 Å². The zero-order valence-electron chi connectivity index (χ0n) is 21.0. The summed E-state index contributed by atoms with van der Waals surface area (Å²) in [6.45, 7) is 9.38. The lowest BCUT2D eigenvalue weighted by atomic mass is 9.96. The van der Waals surface area contributed by atoms with E-state index in [0.29, 0.717) is 0 Å². The number of methoxy groups -OCH3 is 1. The minimum atomic E-state index is -1.90. The fourth-order valence-electron chi connectivity index (χ4n) is 3.03. The largest absolute Gasteiger partial charge is 0.497 e. The molecular weight excluding hydrogens is 475 g/mol. The highest BCUT2D eigenvalue weighted by Crippen LogP contribution is 2.40. The Morgan fingerprint density at radius 3 is 1.97 bits per heavy atom. The van der Waals surface area contributed by atoms with E-state index in [1.165, 1.54) is 25.3 Å². The molecule has 0 amide bonds. The van der Waals surface area contributed by atoms with Crippen LogP contribution < -0.4 is 9.47 Å². The van der Waals surface area contributed by atoms with Crippen molar-refractivity contribution in [2.75, 3.05) is 7.11 Å². The zero-order chi connectivity index (χ0) is 27.4. The first-order valence-electron chi connectivity index (χ1n) is 10.8. The molecule has 0 bridgehead atoms. The summed E-state index contributed by atoms with van der Waals surface area (Å²) < 4.78 is 37.0. The van der Waals surface area contributed by atoms with Crippen molar-refractivity contribution >= 4 is 17.6 Å². The number of benzene rings is 2. The molecule has 0 radical (unpaired) electrons. The van der Waals surface area contributed by atoms with Gasteiger partial charge in [0.05, 0.1) is 23.7 Å². The molecule has 0 N–H and O–H groups in total. The molecule has 0 unspecified atom stereocenters. The summed E-state index contributed by atoms with van der Waals surface area (Å²) in [5, 5.41) is 20.9. The molecule has 0 spiro atoms. The molecule has 192 valence electrons. The van der Waals surface area contributed by atoms with E-state index in [2.05, 4.69) is 0 Å². The summed E-state index contributed by atoms with van der Waals surface area (Å²) in [4.78, 5) is 36.7. The fraction of sp³-hybridized carbons (Fsp3) is 0.400. The Kier molecular flexibility index (Phi) is 8.26. The van der Waals surface area contributed by atoms with E-state index in [-0.39, 0.29) is 17.1 Å². The van der Waals surface area contributed by atoms with Gasteiger partial charge >= 0.3 is 17.6 Å². The number of nitro groups is 1. The molecule has 0 fully saturated rings. The summed E-state index contributed by atoms with van der Waals surface area (Å²) in [5.41, 5.74) is -3.28. The van der Waals surface area contributed by atoms with Crippen molar-refractivity contribution < 1.29 is 37.9 Å². The molecule has 0 aromatic heterocycles. The number of carbonyl (C=O) groups is 2. The van der Waals surface area contributed by atoms with Crippen LogP contribution in [0.25, 0.3) is 0 Å². The number of halogens is 1. The number of nitrogens with zero attached hydrogens (tertiary/aromatic N) is 2. The van der Waals surface area contributed by atoms with Crippen LogP contribution in [0.15, 0.2) is 30.3 Å². The molecule has 36 heavy (non-hydrogen) atoms. The van der Waals surface area contributed by atoms with E-state index >= 15 is 4.39 Å². The number of nitro benzene ring substituents is 1. The van der Waals surface area contributed by atoms with Gasteiger partial charge in [-0.2, -0.15) is 5.26 Å². The van der Waals surface area contributed by atoms with Crippen molar-refractivity contribution in [2.24, 2.45) is 0 Å². The smallest absolute Gasteiger partial charge is 0.325 e. The maximum absolute atomic E-state index is 15.8. The average molecular weight is 502 g/mol. The molecule has 2 rings (SSSR count). The highest BCUT2D eigenvalue weighted by Gasteiger charge is 2.40. The van der Waals surface area contributed by atoms with Gasteiger partial charge in [-0.1, -0.05) is 0 Å². The van der Waals surface area contributed by atoms with Crippen molar-refractivity contribution in [1.29, 1.82) is 5.26 Å². The Bertz CT molecular complexity index is 1190. The van der Waals surface area contributed by atoms with Gasteiger partial charge in [0.15, 0.2) is 11.7 Å². The van der Waals surface area contributed by atoms with Crippen LogP contribution in [0.2, 0.25) is 0 Å². The van der Waals surface area contributed by atoms with E-state index < -0.39 is 56.8 Å². The standard InChI is InChI=1S/C25H27FN2O8/c1-24(2,3)35-22(29)19(23(30)36-25(4,5)6)17-8-9-18(28(31)32)21(20(17)26)34-16-11-14(13-27)10-15(12-16)33-7/h8-12,19H,1-7H3. The number of rotatable bonds is 7. The third-order valence-corrected chi connectivity index (χ3v) is 4.36. The van der Waals surface area contributed by atoms with E-state index in [0.717, 1.165) is 12.1 Å². The molecule has 11 heteroatoms. The minimum Gasteiger partial charge on any atom is -0.497 e. The molecule has 0 saturated heterocycles. The first kappa shape index (κ1) is 28.0. The van der Waals surface area contributed by atoms with Crippen molar-refractivity contribution in [1.82, 2.24) is 0 Å². The van der Waals surface area contributed by atoms with Crippen LogP contribution >= 0.6 is 0 Å². The van der Waals surface area contributed by atoms with E-state index in [4.69, 9.17) is 18.9 Å². The molecule has 2 aromatic carbocycles. The van der Waals surface area contributed by atoms with Crippen molar-refractivity contribution in [3.63, 3.8) is 0 Å². The van der Waals surface area contributed by atoms with E-state index in [1.807, 2.05) is 6.07 Å². The summed E-state index contributed by atoms with van der Waals surface area (Å²) >= 11 is 0. The maximum Gasteiger partial charge on any atom is 0.325 e. The van der Waals surface area contributed by atoms with E-state index in [9.17, 15) is 25.0 Å². The quantitative estimate of drug-likeness (QED) is 0.217. The first-order valence-corrected chi connectivity index (χ1v) is 10.8. The maximum atomic E-state index is 15.8. The van der Waals surface area contributed by atoms with Crippen LogP contribution in [-0.4, -0.2) is 35.2 Å². The molecule has 2 aromatic rings. The van der Waals surface area contributed by atoms with Gasteiger partial charge in [0.1, 0.15) is 22.7 Å². The van der Waals surface area contributed by atoms with Gasteiger partial charge in [-0.3, -0.25) is 19.7 Å². The summed E-state index contributed by atoms with van der Waals surface area (Å²) in [7, 11) is 1.33. The number of hydrogen-bond acceptors (Lipinski definition) is 9. The Morgan fingerprint density at radius 2 is 1.53 bits per heavy atom. The number of hydrogen-bond donors (Lipinski definition) is 0. The lowest BCUT2D eigenvalue weighted by Crippen LogP contribution is -2.36. The highest BCUT2D eigenvalue weighted by molar-refractivity contribution is 6.01. The third kappa shape index (κ3) is 7.15. The number of esters is 2. The molecular formula is C25H27FN2O8. The van der Waals surface area contributed by atoms with E-state index in [1.54, 1.807) is 41.5 Å². The SMILES string of the molecule is COc1cc(C#N)cc(Oc2c([N+](=O)[O-])ccc(C(C(=O)OC(C)(C)C)C(=O)OC(C)(C)C)c2F)c1. The molecule has 0 aliphatic heterocycles. The lowest BCUT2D eigenvalue weighted by Gasteiger charge is -2.26. The molecule has 0 aliphatic carbocycles. The second-order valence-electron chi connectivity index (χ2n) is 9.69. The minimum absolute atomic E-state index is 0.0870. The van der Waals surface area contributed by atoms with Gasteiger partial charge < -0.3 is 18.9 Å². The van der Waals surface area contributed by atoms with Crippen LogP contribution in [0, 0.1) is 27.3 Å².